The van der Waals surface area contributed by atoms with E-state index in [1.165, 1.54) is 19.3 Å². The summed E-state index contributed by atoms with van der Waals surface area (Å²) in [5.74, 6) is -0.165. The number of hydrogen-bond donors (Lipinski definition) is 0. The molecule has 1 aliphatic heterocycles. The van der Waals surface area contributed by atoms with Crippen LogP contribution in [0.25, 0.3) is 0 Å². The molecule has 3 heteroatoms. The van der Waals surface area contributed by atoms with Gasteiger partial charge >= 0.3 is 5.97 Å². The number of rotatable bonds is 2. The Morgan fingerprint density at radius 1 is 1.36 bits per heavy atom. The first-order valence-corrected chi connectivity index (χ1v) is 5.52. The number of ether oxygens (including phenoxy) is 2. The Labute approximate surface area is 84.8 Å². The van der Waals surface area contributed by atoms with Crippen LogP contribution in [0.2, 0.25) is 0 Å². The van der Waals surface area contributed by atoms with E-state index in [2.05, 4.69) is 0 Å². The van der Waals surface area contributed by atoms with Gasteiger partial charge in [-0.2, -0.15) is 0 Å². The molecule has 1 saturated heterocycles. The molecule has 0 radical (unpaired) electrons. The second kappa shape index (κ2) is 3.54. The quantitative estimate of drug-likeness (QED) is 0.503. The summed E-state index contributed by atoms with van der Waals surface area (Å²) in [6.45, 7) is 3.74. The van der Waals surface area contributed by atoms with Crippen LogP contribution in [0, 0.1) is 0 Å². The lowest BCUT2D eigenvalue weighted by molar-refractivity contribution is -0.148. The minimum Gasteiger partial charge on any atom is -0.461 e. The van der Waals surface area contributed by atoms with Gasteiger partial charge in [0.15, 0.2) is 6.10 Å². The number of epoxide rings is 1. The van der Waals surface area contributed by atoms with Crippen molar-refractivity contribution in [3.05, 3.63) is 0 Å². The zero-order valence-electron chi connectivity index (χ0n) is 8.91. The average molecular weight is 198 g/mol. The molecule has 1 aliphatic carbocycles. The number of esters is 1. The minimum atomic E-state index is -0.259. The van der Waals surface area contributed by atoms with Gasteiger partial charge in [-0.25, -0.2) is 4.79 Å². The molecular weight excluding hydrogens is 180 g/mol. The van der Waals surface area contributed by atoms with E-state index < -0.39 is 0 Å². The van der Waals surface area contributed by atoms with Crippen molar-refractivity contribution in [1.82, 2.24) is 0 Å². The number of carbonyl (C=O) groups is 1. The van der Waals surface area contributed by atoms with Crippen molar-refractivity contribution < 1.29 is 14.3 Å². The van der Waals surface area contributed by atoms with Gasteiger partial charge in [0.05, 0.1) is 6.10 Å². The second-order valence-corrected chi connectivity index (χ2v) is 4.61. The molecule has 2 aliphatic rings. The number of carbonyl (C=O) groups excluding carboxylic acids is 1. The summed E-state index contributed by atoms with van der Waals surface area (Å²) in [5, 5.41) is 0. The molecule has 14 heavy (non-hydrogen) atoms. The van der Waals surface area contributed by atoms with Crippen molar-refractivity contribution in [2.45, 2.75) is 63.8 Å². The third-order valence-electron chi connectivity index (χ3n) is 3.04. The maximum Gasteiger partial charge on any atom is 0.338 e. The molecule has 0 aromatic heterocycles. The second-order valence-electron chi connectivity index (χ2n) is 4.61. The maximum atomic E-state index is 11.5. The Morgan fingerprint density at radius 2 is 2.00 bits per heavy atom. The summed E-state index contributed by atoms with van der Waals surface area (Å²) >= 11 is 0. The lowest BCUT2D eigenvalue weighted by Gasteiger charge is -2.17. The Kier molecular flexibility index (Phi) is 2.52. The van der Waals surface area contributed by atoms with Crippen LogP contribution in [-0.4, -0.2) is 23.8 Å². The van der Waals surface area contributed by atoms with Crippen LogP contribution in [0.5, 0.6) is 0 Å². The van der Waals surface area contributed by atoms with E-state index in [0.717, 1.165) is 12.8 Å². The first kappa shape index (κ1) is 9.97. The average Bonchev–Trinajstić information content (AvgIpc) is 2.80. The van der Waals surface area contributed by atoms with E-state index in [4.69, 9.17) is 9.47 Å². The fraction of sp³-hybridized carbons (Fsp3) is 0.909. The number of hydrogen-bond acceptors (Lipinski definition) is 3. The molecule has 1 saturated carbocycles. The van der Waals surface area contributed by atoms with Gasteiger partial charge in [0.25, 0.3) is 0 Å². The van der Waals surface area contributed by atoms with Crippen molar-refractivity contribution in [3.8, 4) is 0 Å². The molecule has 1 heterocycles. The lowest BCUT2D eigenvalue weighted by Crippen LogP contribution is -2.26. The van der Waals surface area contributed by atoms with Crippen LogP contribution in [0.4, 0.5) is 0 Å². The molecule has 0 N–H and O–H groups in total. The molecule has 0 aromatic rings. The zero-order valence-corrected chi connectivity index (χ0v) is 8.91. The van der Waals surface area contributed by atoms with Crippen molar-refractivity contribution in [2.24, 2.45) is 0 Å². The summed E-state index contributed by atoms with van der Waals surface area (Å²) in [5.41, 5.74) is -0.121. The Bertz CT molecular complexity index is 229. The molecule has 1 spiro atoms. The normalized spacial score (nSPS) is 29.2. The van der Waals surface area contributed by atoms with E-state index in [-0.39, 0.29) is 23.8 Å². The molecular formula is C11H18O3. The fourth-order valence-electron chi connectivity index (χ4n) is 2.29. The molecule has 0 aromatic carbocycles. The largest absolute Gasteiger partial charge is 0.461 e. The summed E-state index contributed by atoms with van der Waals surface area (Å²) in [6.07, 6.45) is 5.42. The molecule has 2 fully saturated rings. The Morgan fingerprint density at radius 3 is 2.57 bits per heavy atom. The lowest BCUT2D eigenvalue weighted by atomic mass is 9.86. The Balaban J connectivity index is 1.87. The van der Waals surface area contributed by atoms with Crippen molar-refractivity contribution >= 4 is 5.97 Å². The van der Waals surface area contributed by atoms with Crippen LogP contribution >= 0.6 is 0 Å². The van der Waals surface area contributed by atoms with Gasteiger partial charge in [-0.1, -0.05) is 19.3 Å². The molecule has 0 bridgehead atoms. The maximum absolute atomic E-state index is 11.5. The van der Waals surface area contributed by atoms with Crippen LogP contribution in [0.15, 0.2) is 0 Å². The van der Waals surface area contributed by atoms with Crippen LogP contribution in [0.3, 0.4) is 0 Å². The molecule has 0 amide bonds. The molecule has 2 rings (SSSR count). The van der Waals surface area contributed by atoms with Gasteiger partial charge in [0.2, 0.25) is 0 Å². The van der Waals surface area contributed by atoms with E-state index in [9.17, 15) is 4.79 Å². The molecule has 1 atom stereocenters. The standard InChI is InChI=1S/C11H18O3/c1-8(2)13-10(12)9-11(14-9)6-4-3-5-7-11/h8-9H,3-7H2,1-2H3. The third kappa shape index (κ3) is 1.78. The van der Waals surface area contributed by atoms with E-state index in [1.807, 2.05) is 13.8 Å². The topological polar surface area (TPSA) is 38.8 Å². The minimum absolute atomic E-state index is 0.0349. The monoisotopic (exact) mass is 198 g/mol. The first-order chi connectivity index (χ1) is 6.64. The van der Waals surface area contributed by atoms with Crippen LogP contribution < -0.4 is 0 Å². The van der Waals surface area contributed by atoms with Gasteiger partial charge < -0.3 is 9.47 Å². The summed E-state index contributed by atoms with van der Waals surface area (Å²) in [7, 11) is 0. The van der Waals surface area contributed by atoms with Gasteiger partial charge in [0, 0.05) is 0 Å². The summed E-state index contributed by atoms with van der Waals surface area (Å²) < 4.78 is 10.7. The fourth-order valence-corrected chi connectivity index (χ4v) is 2.29. The predicted octanol–water partition coefficient (Wildman–Crippen LogP) is 2.04. The van der Waals surface area contributed by atoms with Gasteiger partial charge in [-0.15, -0.1) is 0 Å². The molecule has 3 nitrogen and oxygen atoms in total. The van der Waals surface area contributed by atoms with Gasteiger partial charge in [-0.05, 0) is 26.7 Å². The molecule has 1 unspecified atom stereocenters. The first-order valence-electron chi connectivity index (χ1n) is 5.52. The highest BCUT2D eigenvalue weighted by molar-refractivity contribution is 5.79. The molecule has 80 valence electrons. The van der Waals surface area contributed by atoms with Crippen LogP contribution in [-0.2, 0) is 14.3 Å². The van der Waals surface area contributed by atoms with Gasteiger partial charge in [0.1, 0.15) is 5.60 Å². The van der Waals surface area contributed by atoms with E-state index in [1.54, 1.807) is 0 Å². The Hall–Kier alpha value is -0.570. The van der Waals surface area contributed by atoms with Gasteiger partial charge in [-0.3, -0.25) is 0 Å². The zero-order chi connectivity index (χ0) is 10.2. The van der Waals surface area contributed by atoms with Crippen molar-refractivity contribution in [1.29, 1.82) is 0 Å². The van der Waals surface area contributed by atoms with E-state index in [0.29, 0.717) is 0 Å². The predicted molar refractivity (Wildman–Crippen MR) is 51.9 cm³/mol. The van der Waals surface area contributed by atoms with Crippen molar-refractivity contribution in [3.63, 3.8) is 0 Å². The van der Waals surface area contributed by atoms with Crippen molar-refractivity contribution in [2.75, 3.05) is 0 Å². The smallest absolute Gasteiger partial charge is 0.338 e. The summed E-state index contributed by atoms with van der Waals surface area (Å²) in [6, 6.07) is 0. The SMILES string of the molecule is CC(C)OC(=O)C1OC12CCCCC2. The van der Waals surface area contributed by atoms with Crippen LogP contribution in [0.1, 0.15) is 46.0 Å². The third-order valence-corrected chi connectivity index (χ3v) is 3.04. The highest BCUT2D eigenvalue weighted by Crippen LogP contribution is 2.48. The highest BCUT2D eigenvalue weighted by atomic mass is 16.7. The van der Waals surface area contributed by atoms with E-state index >= 15 is 0 Å². The highest BCUT2D eigenvalue weighted by Gasteiger charge is 2.61. The summed E-state index contributed by atoms with van der Waals surface area (Å²) in [4.78, 5) is 11.5.